The highest BCUT2D eigenvalue weighted by Crippen LogP contribution is 2.42. The summed E-state index contributed by atoms with van der Waals surface area (Å²) in [6.07, 6.45) is 2.17. The number of aromatic nitrogens is 2. The van der Waals surface area contributed by atoms with Crippen molar-refractivity contribution in [1.82, 2.24) is 15.1 Å². The number of amides is 1. The molecular weight excluding hydrogens is 248 g/mol. The van der Waals surface area contributed by atoms with Gasteiger partial charge in [0.1, 0.15) is 0 Å². The number of methoxy groups -OCH3 is 1. The molecule has 1 aromatic rings. The molecule has 1 aliphatic rings. The second-order valence-electron chi connectivity index (χ2n) is 4.68. The zero-order valence-corrected chi connectivity index (χ0v) is 11.1. The lowest BCUT2D eigenvalue weighted by Gasteiger charge is -2.20. The molecule has 0 saturated heterocycles. The number of ether oxygens (including phenoxy) is 1. The van der Waals surface area contributed by atoms with Crippen LogP contribution in [0.5, 0.6) is 0 Å². The molecule has 7 heteroatoms. The highest BCUT2D eigenvalue weighted by molar-refractivity contribution is 5.97. The summed E-state index contributed by atoms with van der Waals surface area (Å²) in [5.74, 6) is 0.145. The maximum absolute atomic E-state index is 12.3. The predicted molar refractivity (Wildman–Crippen MR) is 69.8 cm³/mol. The highest BCUT2D eigenvalue weighted by Gasteiger charge is 2.31. The minimum atomic E-state index is -0.272. The standard InChI is InChI=1S/C12H20N4O3/c1-19-7-5-16(4-6-17)12(18)11-9(13)10(14-15-11)8-2-3-8/h8,17H,2-7,13H2,1H3,(H,14,15). The summed E-state index contributed by atoms with van der Waals surface area (Å²) in [5.41, 5.74) is 7.51. The number of nitrogens with zero attached hydrogens (tertiary/aromatic N) is 2. The van der Waals surface area contributed by atoms with Crippen LogP contribution in [0.4, 0.5) is 5.69 Å². The van der Waals surface area contributed by atoms with Crippen LogP contribution in [-0.2, 0) is 4.74 Å². The Hall–Kier alpha value is -1.60. The van der Waals surface area contributed by atoms with Crippen LogP contribution < -0.4 is 5.73 Å². The van der Waals surface area contributed by atoms with Crippen LogP contribution in [0.2, 0.25) is 0 Å². The van der Waals surface area contributed by atoms with Gasteiger partial charge in [0.15, 0.2) is 5.69 Å². The largest absolute Gasteiger partial charge is 0.395 e. The van der Waals surface area contributed by atoms with Gasteiger partial charge in [0, 0.05) is 26.1 Å². The van der Waals surface area contributed by atoms with Gasteiger partial charge >= 0.3 is 0 Å². The smallest absolute Gasteiger partial charge is 0.276 e. The highest BCUT2D eigenvalue weighted by atomic mass is 16.5. The molecule has 1 saturated carbocycles. The molecule has 2 rings (SSSR count). The van der Waals surface area contributed by atoms with Gasteiger partial charge in [0.05, 0.1) is 24.6 Å². The first-order valence-corrected chi connectivity index (χ1v) is 6.41. The second kappa shape index (κ2) is 6.03. The lowest BCUT2D eigenvalue weighted by Crippen LogP contribution is -2.36. The number of aliphatic hydroxyl groups excluding tert-OH is 1. The Morgan fingerprint density at radius 3 is 2.89 bits per heavy atom. The van der Waals surface area contributed by atoms with Crippen molar-refractivity contribution in [3.8, 4) is 0 Å². The molecule has 0 unspecified atom stereocenters. The maximum Gasteiger partial charge on any atom is 0.276 e. The Morgan fingerprint density at radius 2 is 2.32 bits per heavy atom. The second-order valence-corrected chi connectivity index (χ2v) is 4.68. The molecule has 0 aliphatic heterocycles. The first kappa shape index (κ1) is 13.8. The molecule has 1 aliphatic carbocycles. The van der Waals surface area contributed by atoms with Crippen LogP contribution in [0, 0.1) is 0 Å². The van der Waals surface area contributed by atoms with E-state index in [9.17, 15) is 4.79 Å². The number of nitrogens with one attached hydrogen (secondary N) is 1. The van der Waals surface area contributed by atoms with E-state index in [1.807, 2.05) is 0 Å². The summed E-state index contributed by atoms with van der Waals surface area (Å²) in [6.45, 7) is 0.953. The zero-order valence-electron chi connectivity index (χ0n) is 11.1. The van der Waals surface area contributed by atoms with Gasteiger partial charge in [-0.3, -0.25) is 9.89 Å². The first-order chi connectivity index (χ1) is 9.19. The molecule has 0 bridgehead atoms. The van der Waals surface area contributed by atoms with Gasteiger partial charge in [-0.15, -0.1) is 0 Å². The molecule has 0 atom stereocenters. The molecule has 1 amide bonds. The number of hydrogen-bond donors (Lipinski definition) is 3. The molecule has 106 valence electrons. The van der Waals surface area contributed by atoms with E-state index in [1.54, 1.807) is 7.11 Å². The summed E-state index contributed by atoms with van der Waals surface area (Å²) in [6, 6.07) is 0. The lowest BCUT2D eigenvalue weighted by atomic mass is 10.2. The zero-order chi connectivity index (χ0) is 13.8. The van der Waals surface area contributed by atoms with E-state index in [0.717, 1.165) is 18.5 Å². The number of aliphatic hydroxyl groups is 1. The summed E-state index contributed by atoms with van der Waals surface area (Å²) in [5, 5.41) is 15.9. The lowest BCUT2D eigenvalue weighted by molar-refractivity contribution is 0.0652. The Kier molecular flexibility index (Phi) is 4.39. The molecule has 7 nitrogen and oxygen atoms in total. The van der Waals surface area contributed by atoms with Crippen molar-refractivity contribution >= 4 is 11.6 Å². The molecule has 4 N–H and O–H groups in total. The van der Waals surface area contributed by atoms with E-state index in [2.05, 4.69) is 10.2 Å². The van der Waals surface area contributed by atoms with Crippen molar-refractivity contribution in [2.24, 2.45) is 0 Å². The fraction of sp³-hybridized carbons (Fsp3) is 0.667. The number of H-pyrrole nitrogens is 1. The molecule has 0 aromatic carbocycles. The van der Waals surface area contributed by atoms with Crippen LogP contribution in [0.3, 0.4) is 0 Å². The molecule has 0 radical (unpaired) electrons. The van der Waals surface area contributed by atoms with Crippen molar-refractivity contribution in [3.63, 3.8) is 0 Å². The van der Waals surface area contributed by atoms with E-state index in [1.165, 1.54) is 4.90 Å². The minimum absolute atomic E-state index is 0.102. The van der Waals surface area contributed by atoms with Crippen LogP contribution in [0.25, 0.3) is 0 Å². The van der Waals surface area contributed by atoms with Gasteiger partial charge in [-0.1, -0.05) is 0 Å². The number of nitrogen functional groups attached to an aromatic ring is 1. The monoisotopic (exact) mass is 268 g/mol. The number of anilines is 1. The molecule has 1 heterocycles. The van der Waals surface area contributed by atoms with Gasteiger partial charge in [0.25, 0.3) is 5.91 Å². The fourth-order valence-electron chi connectivity index (χ4n) is 2.00. The van der Waals surface area contributed by atoms with Crippen molar-refractivity contribution in [3.05, 3.63) is 11.4 Å². The van der Waals surface area contributed by atoms with E-state index < -0.39 is 0 Å². The SMILES string of the molecule is COCCN(CCO)C(=O)c1n[nH]c(C2CC2)c1N. The number of aromatic amines is 1. The third-order valence-corrected chi connectivity index (χ3v) is 3.24. The summed E-state index contributed by atoms with van der Waals surface area (Å²) in [4.78, 5) is 13.8. The van der Waals surface area contributed by atoms with E-state index in [-0.39, 0.29) is 24.8 Å². The first-order valence-electron chi connectivity index (χ1n) is 6.41. The fourth-order valence-corrected chi connectivity index (χ4v) is 2.00. The van der Waals surface area contributed by atoms with Gasteiger partial charge in [0.2, 0.25) is 0 Å². The van der Waals surface area contributed by atoms with Gasteiger partial charge in [-0.2, -0.15) is 5.10 Å². The molecule has 0 spiro atoms. The normalized spacial score (nSPS) is 14.6. The van der Waals surface area contributed by atoms with Gasteiger partial charge in [-0.05, 0) is 12.8 Å². The number of carbonyl (C=O) groups excluding carboxylic acids is 1. The third kappa shape index (κ3) is 3.05. The van der Waals surface area contributed by atoms with Gasteiger partial charge in [-0.25, -0.2) is 0 Å². The Bertz CT molecular complexity index is 442. The predicted octanol–water partition coefficient (Wildman–Crippen LogP) is -0.0498. The van der Waals surface area contributed by atoms with Crippen molar-refractivity contribution in [2.75, 3.05) is 39.1 Å². The summed E-state index contributed by atoms with van der Waals surface area (Å²) >= 11 is 0. The Labute approximate surface area is 111 Å². The molecule has 1 fully saturated rings. The van der Waals surface area contributed by atoms with Crippen LogP contribution in [0.15, 0.2) is 0 Å². The third-order valence-electron chi connectivity index (χ3n) is 3.24. The van der Waals surface area contributed by atoms with Crippen LogP contribution in [0.1, 0.15) is 34.9 Å². The molecule has 1 aromatic heterocycles. The van der Waals surface area contributed by atoms with Crippen LogP contribution in [-0.4, -0.2) is 59.5 Å². The number of carbonyl (C=O) groups is 1. The molecular formula is C12H20N4O3. The van der Waals surface area contributed by atoms with E-state index >= 15 is 0 Å². The summed E-state index contributed by atoms with van der Waals surface area (Å²) in [7, 11) is 1.57. The quantitative estimate of drug-likeness (QED) is 0.643. The van der Waals surface area contributed by atoms with Crippen molar-refractivity contribution in [2.45, 2.75) is 18.8 Å². The topological polar surface area (TPSA) is 104 Å². The molecule has 19 heavy (non-hydrogen) atoms. The summed E-state index contributed by atoms with van der Waals surface area (Å²) < 4.78 is 4.95. The van der Waals surface area contributed by atoms with Crippen molar-refractivity contribution < 1.29 is 14.6 Å². The average Bonchev–Trinajstić information content (AvgIpc) is 3.17. The Morgan fingerprint density at radius 1 is 1.58 bits per heavy atom. The number of nitrogens with two attached hydrogens (primary N) is 1. The van der Waals surface area contributed by atoms with Gasteiger partial charge < -0.3 is 20.5 Å². The Balaban J connectivity index is 2.11. The van der Waals surface area contributed by atoms with Crippen molar-refractivity contribution in [1.29, 1.82) is 0 Å². The number of hydrogen-bond acceptors (Lipinski definition) is 5. The minimum Gasteiger partial charge on any atom is -0.395 e. The number of rotatable bonds is 7. The average molecular weight is 268 g/mol. The van der Waals surface area contributed by atoms with E-state index in [0.29, 0.717) is 24.8 Å². The van der Waals surface area contributed by atoms with Crippen LogP contribution >= 0.6 is 0 Å². The van der Waals surface area contributed by atoms with E-state index in [4.69, 9.17) is 15.6 Å². The maximum atomic E-state index is 12.3.